The minimum absolute atomic E-state index is 0.0715. The number of phosphoric ester groups is 1. The number of amides is 1. The van der Waals surface area contributed by atoms with E-state index in [2.05, 4.69) is 92.1 Å². The number of phosphoric acid groups is 1. The topological polar surface area (TPSA) is 105 Å². The number of rotatable bonds is 57. The van der Waals surface area contributed by atoms with Crippen LogP contribution in [0.4, 0.5) is 0 Å². The average Bonchev–Trinajstić information content (AvgIpc) is 3.36. The highest BCUT2D eigenvalue weighted by Crippen LogP contribution is 2.43. The lowest BCUT2D eigenvalue weighted by atomic mass is 10.0. The molecule has 3 unspecified atom stereocenters. The summed E-state index contributed by atoms with van der Waals surface area (Å²) in [7, 11) is 1.61. The molecule has 0 rings (SSSR count). The fourth-order valence-corrected chi connectivity index (χ4v) is 9.85. The van der Waals surface area contributed by atoms with E-state index in [9.17, 15) is 19.4 Å². The maximum atomic E-state index is 13.0. The number of carbonyl (C=O) groups excluding carboxylic acids is 1. The smallest absolute Gasteiger partial charge is 0.391 e. The Hall–Kier alpha value is -2.06. The maximum absolute atomic E-state index is 13.0. The van der Waals surface area contributed by atoms with Crippen molar-refractivity contribution in [3.63, 3.8) is 0 Å². The molecule has 0 aliphatic carbocycles. The zero-order valence-electron chi connectivity index (χ0n) is 49.3. The van der Waals surface area contributed by atoms with Crippen LogP contribution in [-0.2, 0) is 18.4 Å². The largest absolute Gasteiger partial charge is 0.472 e. The van der Waals surface area contributed by atoms with Crippen molar-refractivity contribution in [1.82, 2.24) is 5.32 Å². The SMILES string of the molecule is CC/C=C\C/C=C\C/C=C\C/C=C\C/C=C\C/C=C\CCCCCCCCCCCCC(=O)NC(COP(=O)(O)OCC[N+](C)(C)C)C(O)CCCCCCCCCCCCCCCCCCCCCCCCC. The van der Waals surface area contributed by atoms with Crippen LogP contribution in [0.25, 0.3) is 0 Å². The van der Waals surface area contributed by atoms with Crippen LogP contribution in [0.2, 0.25) is 0 Å². The predicted octanol–water partition coefficient (Wildman–Crippen LogP) is 19.4. The Morgan fingerprint density at radius 2 is 0.811 bits per heavy atom. The number of nitrogens with one attached hydrogen (secondary N) is 1. The number of hydrogen-bond acceptors (Lipinski definition) is 5. The van der Waals surface area contributed by atoms with Crippen LogP contribution in [0, 0.1) is 0 Å². The molecule has 3 atom stereocenters. The summed E-state index contributed by atoms with van der Waals surface area (Å²) in [6.45, 7) is 4.80. The van der Waals surface area contributed by atoms with E-state index in [4.69, 9.17) is 9.05 Å². The van der Waals surface area contributed by atoms with E-state index in [0.717, 1.165) is 77.0 Å². The molecule has 74 heavy (non-hydrogen) atoms. The molecule has 0 saturated heterocycles. The van der Waals surface area contributed by atoms with Gasteiger partial charge in [0.25, 0.3) is 0 Å². The Morgan fingerprint density at radius 3 is 1.19 bits per heavy atom. The Morgan fingerprint density at radius 1 is 0.473 bits per heavy atom. The third kappa shape index (κ3) is 57.6. The van der Waals surface area contributed by atoms with Gasteiger partial charge in [0.05, 0.1) is 39.9 Å². The number of hydrogen-bond donors (Lipinski definition) is 3. The Labute approximate surface area is 459 Å². The first-order valence-corrected chi connectivity index (χ1v) is 32.8. The van der Waals surface area contributed by atoms with Crippen molar-refractivity contribution in [2.24, 2.45) is 0 Å². The highest BCUT2D eigenvalue weighted by Gasteiger charge is 2.28. The quantitative estimate of drug-likeness (QED) is 0.0243. The summed E-state index contributed by atoms with van der Waals surface area (Å²) in [4.78, 5) is 23.4. The van der Waals surface area contributed by atoms with Crippen LogP contribution in [0.1, 0.15) is 284 Å². The van der Waals surface area contributed by atoms with Gasteiger partial charge in [0.15, 0.2) is 0 Å². The molecular formula is C65H122N2O6P+. The van der Waals surface area contributed by atoms with Gasteiger partial charge in [-0.15, -0.1) is 0 Å². The molecule has 0 aromatic heterocycles. The van der Waals surface area contributed by atoms with Crippen LogP contribution in [-0.4, -0.2) is 73.4 Å². The number of allylic oxidation sites excluding steroid dienone is 12. The minimum atomic E-state index is -4.33. The summed E-state index contributed by atoms with van der Waals surface area (Å²) < 4.78 is 23.8. The van der Waals surface area contributed by atoms with Gasteiger partial charge in [0.2, 0.25) is 5.91 Å². The molecule has 0 aliphatic rings. The summed E-state index contributed by atoms with van der Waals surface area (Å²) in [6, 6.07) is -0.768. The molecule has 0 bridgehead atoms. The van der Waals surface area contributed by atoms with Crippen molar-refractivity contribution < 1.29 is 32.9 Å². The average molecular weight is 1060 g/mol. The lowest BCUT2D eigenvalue weighted by molar-refractivity contribution is -0.870. The van der Waals surface area contributed by atoms with Crippen molar-refractivity contribution in [2.45, 2.75) is 296 Å². The lowest BCUT2D eigenvalue weighted by Crippen LogP contribution is -2.46. The van der Waals surface area contributed by atoms with E-state index in [-0.39, 0.29) is 19.1 Å². The number of aliphatic hydroxyl groups excluding tert-OH is 1. The summed E-state index contributed by atoms with van der Waals surface area (Å²) in [5.41, 5.74) is 0. The van der Waals surface area contributed by atoms with Gasteiger partial charge >= 0.3 is 7.82 Å². The molecule has 0 aromatic carbocycles. The zero-order valence-corrected chi connectivity index (χ0v) is 50.2. The van der Waals surface area contributed by atoms with Crippen molar-refractivity contribution in [3.05, 3.63) is 72.9 Å². The van der Waals surface area contributed by atoms with Crippen LogP contribution in [0.15, 0.2) is 72.9 Å². The standard InChI is InChI=1S/C65H121N2O6P/c1-6-8-10-12-14-16-18-20-22-24-26-28-30-31-32-33-34-35-37-39-41-43-45-47-49-51-53-55-57-59-65(69)66-63(62-73-74(70,71)72-61-60-67(3,4)5)64(68)58-56-54-52-50-48-46-44-42-40-38-36-29-27-25-23-21-19-17-15-13-11-9-7-2/h8,10,14,16,20,22,26,28,31-32,34-35,63-64,68H,6-7,9,11-13,15,17-19,21,23-25,27,29-30,33,36-62H2,1-5H3,(H-,66,69,70,71)/p+1/b10-8-,16-14-,22-20-,28-26-,32-31-,35-34-. The highest BCUT2D eigenvalue weighted by atomic mass is 31.2. The Balaban J connectivity index is 4.14. The van der Waals surface area contributed by atoms with Crippen molar-refractivity contribution in [1.29, 1.82) is 0 Å². The van der Waals surface area contributed by atoms with Gasteiger partial charge in [-0.05, 0) is 64.2 Å². The molecule has 0 saturated carbocycles. The monoisotopic (exact) mass is 1060 g/mol. The van der Waals surface area contributed by atoms with Gasteiger partial charge in [-0.1, -0.05) is 286 Å². The summed E-state index contributed by atoms with van der Waals surface area (Å²) in [5.74, 6) is -0.148. The molecule has 0 fully saturated rings. The van der Waals surface area contributed by atoms with Crippen LogP contribution < -0.4 is 5.32 Å². The van der Waals surface area contributed by atoms with Crippen molar-refractivity contribution in [2.75, 3.05) is 40.9 Å². The molecule has 9 heteroatoms. The molecule has 0 radical (unpaired) electrons. The van der Waals surface area contributed by atoms with Crippen LogP contribution in [0.5, 0.6) is 0 Å². The van der Waals surface area contributed by atoms with E-state index >= 15 is 0 Å². The fraction of sp³-hybridized carbons (Fsp3) is 0.800. The maximum Gasteiger partial charge on any atom is 0.472 e. The molecule has 8 nitrogen and oxygen atoms in total. The zero-order chi connectivity index (χ0) is 54.2. The number of likely N-dealkylation sites (N-methyl/N-ethyl adjacent to an activating group) is 1. The molecule has 0 aromatic rings. The van der Waals surface area contributed by atoms with Crippen LogP contribution in [0.3, 0.4) is 0 Å². The van der Waals surface area contributed by atoms with Gasteiger partial charge in [-0.3, -0.25) is 13.8 Å². The molecule has 3 N–H and O–H groups in total. The van der Waals surface area contributed by atoms with Crippen molar-refractivity contribution in [3.8, 4) is 0 Å². The van der Waals surface area contributed by atoms with E-state index in [1.54, 1.807) is 0 Å². The van der Waals surface area contributed by atoms with E-state index in [1.165, 1.54) is 180 Å². The third-order valence-corrected chi connectivity index (χ3v) is 15.0. The first kappa shape index (κ1) is 71.9. The first-order valence-electron chi connectivity index (χ1n) is 31.3. The highest BCUT2D eigenvalue weighted by molar-refractivity contribution is 7.47. The minimum Gasteiger partial charge on any atom is -0.391 e. The molecular weight excluding hydrogens is 936 g/mol. The van der Waals surface area contributed by atoms with E-state index in [0.29, 0.717) is 23.9 Å². The lowest BCUT2D eigenvalue weighted by Gasteiger charge is -2.26. The van der Waals surface area contributed by atoms with Gasteiger partial charge in [0.1, 0.15) is 13.2 Å². The molecule has 0 aliphatic heterocycles. The molecule has 0 spiro atoms. The third-order valence-electron chi connectivity index (χ3n) is 14.0. The Kier molecular flexibility index (Phi) is 54.1. The first-order chi connectivity index (χ1) is 36.0. The predicted molar refractivity (Wildman–Crippen MR) is 323 cm³/mol. The van der Waals surface area contributed by atoms with Gasteiger partial charge < -0.3 is 19.8 Å². The van der Waals surface area contributed by atoms with E-state index < -0.39 is 20.0 Å². The second kappa shape index (κ2) is 55.7. The number of unbranched alkanes of at least 4 members (excludes halogenated alkanes) is 32. The molecule has 1 amide bonds. The number of quaternary nitrogens is 1. The van der Waals surface area contributed by atoms with Gasteiger partial charge in [-0.2, -0.15) is 0 Å². The number of nitrogens with zero attached hydrogens (tertiary/aromatic N) is 1. The van der Waals surface area contributed by atoms with Crippen molar-refractivity contribution >= 4 is 13.7 Å². The Bertz CT molecular complexity index is 1430. The van der Waals surface area contributed by atoms with Gasteiger partial charge in [-0.25, -0.2) is 4.57 Å². The summed E-state index contributed by atoms with van der Waals surface area (Å²) >= 11 is 0. The number of aliphatic hydroxyl groups is 1. The second-order valence-electron chi connectivity index (χ2n) is 22.4. The molecule has 432 valence electrons. The van der Waals surface area contributed by atoms with Gasteiger partial charge in [0, 0.05) is 6.42 Å². The second-order valence-corrected chi connectivity index (χ2v) is 23.9. The van der Waals surface area contributed by atoms with E-state index in [1.807, 2.05) is 21.1 Å². The normalized spacial score (nSPS) is 14.3. The summed E-state index contributed by atoms with van der Waals surface area (Å²) in [5, 5.41) is 14.1. The fourth-order valence-electron chi connectivity index (χ4n) is 9.11. The number of carbonyl (C=O) groups is 1. The molecule has 0 heterocycles. The van der Waals surface area contributed by atoms with Crippen LogP contribution >= 0.6 is 7.82 Å². The summed E-state index contributed by atoms with van der Waals surface area (Å²) in [6.07, 6.45) is 76.8.